The summed E-state index contributed by atoms with van der Waals surface area (Å²) >= 11 is 0. The maximum Gasteiger partial charge on any atom is 0.306 e. The number of para-hydroxylation sites is 1. The van der Waals surface area contributed by atoms with Crippen molar-refractivity contribution >= 4 is 11.7 Å². The van der Waals surface area contributed by atoms with Crippen LogP contribution in [0.15, 0.2) is 24.3 Å². The fourth-order valence-electron chi connectivity index (χ4n) is 3.57. The van der Waals surface area contributed by atoms with Crippen LogP contribution in [-0.4, -0.2) is 77.3 Å². The number of fused-ring (bicyclic) bond motifs is 1. The summed E-state index contributed by atoms with van der Waals surface area (Å²) in [5.74, 6) is -0.480. The van der Waals surface area contributed by atoms with E-state index in [0.29, 0.717) is 6.54 Å². The molecule has 3 rings (SSSR count). The Kier molecular flexibility index (Phi) is 5.26. The average molecular weight is 353 g/mol. The Bertz CT molecular complexity index is 623. The van der Waals surface area contributed by atoms with Crippen molar-refractivity contribution in [1.82, 2.24) is 0 Å². The van der Waals surface area contributed by atoms with Crippen LogP contribution in [0.4, 0.5) is 5.69 Å². The van der Waals surface area contributed by atoms with Crippen LogP contribution >= 0.6 is 0 Å². The molecule has 0 saturated carbocycles. The number of aliphatic hydroxyl groups is 4. The lowest BCUT2D eigenvalue weighted by Gasteiger charge is -2.44. The van der Waals surface area contributed by atoms with Crippen LogP contribution in [0.3, 0.4) is 0 Å². The number of aliphatic hydroxyl groups excluding tert-OH is 4. The topological polar surface area (TPSA) is 120 Å². The van der Waals surface area contributed by atoms with Crippen molar-refractivity contribution in [2.45, 2.75) is 43.0 Å². The zero-order valence-corrected chi connectivity index (χ0v) is 13.9. The first-order chi connectivity index (χ1) is 12.0. The van der Waals surface area contributed by atoms with Gasteiger partial charge in [0.15, 0.2) is 6.23 Å². The van der Waals surface area contributed by atoms with Gasteiger partial charge < -0.3 is 34.8 Å². The minimum absolute atomic E-state index is 0.143. The van der Waals surface area contributed by atoms with Gasteiger partial charge in [-0.05, 0) is 11.6 Å². The molecule has 0 aliphatic carbocycles. The van der Waals surface area contributed by atoms with E-state index in [0.717, 1.165) is 11.3 Å². The molecule has 2 aliphatic heterocycles. The van der Waals surface area contributed by atoms with E-state index in [4.69, 9.17) is 9.47 Å². The first-order valence-corrected chi connectivity index (χ1v) is 8.20. The number of methoxy groups -OCH3 is 1. The zero-order valence-electron chi connectivity index (χ0n) is 13.9. The van der Waals surface area contributed by atoms with Gasteiger partial charge in [-0.2, -0.15) is 0 Å². The number of carbonyl (C=O) groups excluding carboxylic acids is 1. The predicted octanol–water partition coefficient (Wildman–Crippen LogP) is -1.05. The molecule has 0 spiro atoms. The molecule has 2 aliphatic rings. The fraction of sp³-hybridized carbons (Fsp3) is 0.588. The summed E-state index contributed by atoms with van der Waals surface area (Å²) in [4.78, 5) is 13.4. The second-order valence-electron chi connectivity index (χ2n) is 6.41. The third-order valence-electron chi connectivity index (χ3n) is 4.92. The molecule has 6 unspecified atom stereocenters. The Labute approximate surface area is 145 Å². The van der Waals surface area contributed by atoms with E-state index in [1.807, 2.05) is 24.3 Å². The highest BCUT2D eigenvalue weighted by Crippen LogP contribution is 2.41. The number of anilines is 1. The van der Waals surface area contributed by atoms with Crippen LogP contribution in [-0.2, 0) is 14.3 Å². The molecule has 8 nitrogen and oxygen atoms in total. The van der Waals surface area contributed by atoms with E-state index in [9.17, 15) is 25.2 Å². The van der Waals surface area contributed by atoms with Gasteiger partial charge in [0, 0.05) is 18.2 Å². The number of carbonyl (C=O) groups is 1. The molecule has 8 heteroatoms. The van der Waals surface area contributed by atoms with Gasteiger partial charge in [-0.3, -0.25) is 4.79 Å². The summed E-state index contributed by atoms with van der Waals surface area (Å²) in [6, 6.07) is 7.43. The fourth-order valence-corrected chi connectivity index (χ4v) is 3.57. The van der Waals surface area contributed by atoms with Gasteiger partial charge in [0.25, 0.3) is 0 Å². The van der Waals surface area contributed by atoms with Crippen LogP contribution in [0.5, 0.6) is 0 Å². The van der Waals surface area contributed by atoms with Crippen LogP contribution in [0.25, 0.3) is 0 Å². The van der Waals surface area contributed by atoms with Crippen molar-refractivity contribution < 1.29 is 34.7 Å². The average Bonchev–Trinajstić information content (AvgIpc) is 2.98. The summed E-state index contributed by atoms with van der Waals surface area (Å²) in [5.41, 5.74) is 1.70. The van der Waals surface area contributed by atoms with Crippen LogP contribution in [0.2, 0.25) is 0 Å². The highest BCUT2D eigenvalue weighted by molar-refractivity contribution is 5.73. The van der Waals surface area contributed by atoms with Crippen molar-refractivity contribution in [3.8, 4) is 0 Å². The standard InChI is InChI=1S/C17H23NO7/c1-24-13(20)6-9-7-18(11-5-3-2-4-10(9)11)17-16(23)15(22)14(21)12(8-19)25-17/h2-5,9,12,14-17,19,21-23H,6-8H2,1H3. The van der Waals surface area contributed by atoms with Gasteiger partial charge in [-0.25, -0.2) is 0 Å². The Hall–Kier alpha value is -1.71. The van der Waals surface area contributed by atoms with Crippen molar-refractivity contribution in [2.24, 2.45) is 0 Å². The van der Waals surface area contributed by atoms with Gasteiger partial charge >= 0.3 is 5.97 Å². The van der Waals surface area contributed by atoms with Gasteiger partial charge in [0.1, 0.15) is 24.4 Å². The summed E-state index contributed by atoms with van der Waals surface area (Å²) in [5, 5.41) is 39.7. The number of hydrogen-bond donors (Lipinski definition) is 4. The van der Waals surface area contributed by atoms with Crippen molar-refractivity contribution in [2.75, 3.05) is 25.2 Å². The van der Waals surface area contributed by atoms with Gasteiger partial charge in [0.05, 0.1) is 20.1 Å². The van der Waals surface area contributed by atoms with E-state index in [2.05, 4.69) is 0 Å². The molecule has 0 radical (unpaired) electrons. The number of esters is 1. The number of benzene rings is 1. The Morgan fingerprint density at radius 2 is 1.96 bits per heavy atom. The van der Waals surface area contributed by atoms with E-state index < -0.39 is 37.3 Å². The Morgan fingerprint density at radius 3 is 2.64 bits per heavy atom. The van der Waals surface area contributed by atoms with E-state index in [1.54, 1.807) is 4.90 Å². The summed E-state index contributed by atoms with van der Waals surface area (Å²) in [6.45, 7) is -0.0976. The van der Waals surface area contributed by atoms with Crippen molar-refractivity contribution in [1.29, 1.82) is 0 Å². The highest BCUT2D eigenvalue weighted by Gasteiger charge is 2.48. The highest BCUT2D eigenvalue weighted by atomic mass is 16.6. The molecule has 138 valence electrons. The molecule has 0 bridgehead atoms. The first-order valence-electron chi connectivity index (χ1n) is 8.20. The minimum Gasteiger partial charge on any atom is -0.469 e. The van der Waals surface area contributed by atoms with Crippen molar-refractivity contribution in [3.63, 3.8) is 0 Å². The second-order valence-corrected chi connectivity index (χ2v) is 6.41. The van der Waals surface area contributed by atoms with Crippen LogP contribution in [0, 0.1) is 0 Å². The monoisotopic (exact) mass is 353 g/mol. The number of hydrogen-bond acceptors (Lipinski definition) is 8. The quantitative estimate of drug-likeness (QED) is 0.507. The molecule has 1 saturated heterocycles. The number of ether oxygens (including phenoxy) is 2. The lowest BCUT2D eigenvalue weighted by atomic mass is 9.97. The third kappa shape index (κ3) is 3.23. The molecular weight excluding hydrogens is 330 g/mol. The molecule has 1 aromatic rings. The lowest BCUT2D eigenvalue weighted by Crippen LogP contribution is -2.63. The normalized spacial score (nSPS) is 34.7. The molecule has 0 amide bonds. The lowest BCUT2D eigenvalue weighted by molar-refractivity contribution is -0.228. The van der Waals surface area contributed by atoms with E-state index in [1.165, 1.54) is 7.11 Å². The van der Waals surface area contributed by atoms with Gasteiger partial charge in [0.2, 0.25) is 0 Å². The largest absolute Gasteiger partial charge is 0.469 e. The van der Waals surface area contributed by atoms with Gasteiger partial charge in [-0.1, -0.05) is 18.2 Å². The van der Waals surface area contributed by atoms with Crippen molar-refractivity contribution in [3.05, 3.63) is 29.8 Å². The number of rotatable bonds is 4. The summed E-state index contributed by atoms with van der Waals surface area (Å²) in [7, 11) is 1.33. The minimum atomic E-state index is -1.44. The molecule has 25 heavy (non-hydrogen) atoms. The first kappa shape index (κ1) is 18.1. The molecule has 4 N–H and O–H groups in total. The molecule has 6 atom stereocenters. The number of nitrogens with zero attached hydrogens (tertiary/aromatic N) is 1. The van der Waals surface area contributed by atoms with Gasteiger partial charge in [-0.15, -0.1) is 0 Å². The maximum absolute atomic E-state index is 11.7. The van der Waals surface area contributed by atoms with Crippen LogP contribution < -0.4 is 4.90 Å². The smallest absolute Gasteiger partial charge is 0.306 e. The summed E-state index contributed by atoms with van der Waals surface area (Å²) < 4.78 is 10.4. The zero-order chi connectivity index (χ0) is 18.1. The van der Waals surface area contributed by atoms with Crippen LogP contribution in [0.1, 0.15) is 17.9 Å². The predicted molar refractivity (Wildman–Crippen MR) is 86.9 cm³/mol. The van der Waals surface area contributed by atoms with E-state index in [-0.39, 0.29) is 18.3 Å². The molecule has 0 aromatic heterocycles. The molecular formula is C17H23NO7. The Morgan fingerprint density at radius 1 is 1.24 bits per heavy atom. The van der Waals surface area contributed by atoms with E-state index >= 15 is 0 Å². The summed E-state index contributed by atoms with van der Waals surface area (Å²) in [6.07, 6.45) is -5.94. The Balaban J connectivity index is 1.88. The second kappa shape index (κ2) is 7.27. The molecule has 2 heterocycles. The maximum atomic E-state index is 11.7. The molecule has 1 aromatic carbocycles. The molecule has 1 fully saturated rings. The third-order valence-corrected chi connectivity index (χ3v) is 4.92. The SMILES string of the molecule is COC(=O)CC1CN(C2OC(CO)C(O)C(O)C2O)c2ccccc21.